The first-order chi connectivity index (χ1) is 14.0. The lowest BCUT2D eigenvalue weighted by Crippen LogP contribution is -2.22. The molecule has 148 valence electrons. The Morgan fingerprint density at radius 1 is 1.07 bits per heavy atom. The number of carbonyl (C=O) groups is 3. The Hall–Kier alpha value is -3.21. The van der Waals surface area contributed by atoms with Gasteiger partial charge in [-0.05, 0) is 49.9 Å². The molecule has 1 N–H and O–H groups in total. The van der Waals surface area contributed by atoms with Crippen LogP contribution in [-0.4, -0.2) is 28.6 Å². The van der Waals surface area contributed by atoms with E-state index in [9.17, 15) is 14.4 Å². The highest BCUT2D eigenvalue weighted by atomic mass is 16.2. The number of aryl methyl sites for hydroxylation is 2. The third kappa shape index (κ3) is 3.99. The monoisotopic (exact) mass is 388 g/mol. The molecule has 4 rings (SSSR count). The minimum atomic E-state index is -0.0561. The van der Waals surface area contributed by atoms with E-state index in [0.717, 1.165) is 42.3 Å². The summed E-state index contributed by atoms with van der Waals surface area (Å²) in [7, 11) is 0. The molecule has 2 aromatic carbocycles. The molecule has 1 aliphatic heterocycles. The van der Waals surface area contributed by atoms with Crippen LogP contribution in [0.3, 0.4) is 0 Å². The zero-order valence-electron chi connectivity index (χ0n) is 16.5. The Kier molecular flexibility index (Phi) is 5.30. The summed E-state index contributed by atoms with van der Waals surface area (Å²) in [5.41, 5.74) is 4.06. The molecule has 0 atom stereocenters. The SMILES string of the molecule is CC(=O)c1cccc(CCCC(=O)c2ccc3cc4n(c3c2)CCCNC4=O)c1. The fourth-order valence-corrected chi connectivity index (χ4v) is 3.93. The number of nitrogens with zero attached hydrogens (tertiary/aromatic N) is 1. The van der Waals surface area contributed by atoms with Crippen molar-refractivity contribution in [2.75, 3.05) is 6.54 Å². The molecule has 3 aromatic rings. The molecule has 0 unspecified atom stereocenters. The number of benzene rings is 2. The maximum absolute atomic E-state index is 12.7. The van der Waals surface area contributed by atoms with Crippen molar-refractivity contribution in [3.8, 4) is 0 Å². The predicted octanol–water partition coefficient (Wildman–Crippen LogP) is 4.18. The second kappa shape index (κ2) is 8.03. The van der Waals surface area contributed by atoms with Crippen molar-refractivity contribution in [1.29, 1.82) is 0 Å². The van der Waals surface area contributed by atoms with Crippen molar-refractivity contribution in [3.05, 3.63) is 70.9 Å². The fraction of sp³-hybridized carbons (Fsp3) is 0.292. The van der Waals surface area contributed by atoms with Crippen molar-refractivity contribution in [2.45, 2.75) is 39.2 Å². The second-order valence-corrected chi connectivity index (χ2v) is 7.60. The summed E-state index contributed by atoms with van der Waals surface area (Å²) in [6.45, 7) is 3.00. The molecule has 0 aliphatic carbocycles. The number of hydrogen-bond donors (Lipinski definition) is 1. The van der Waals surface area contributed by atoms with Gasteiger partial charge in [0.05, 0.1) is 0 Å². The Labute approximate surface area is 169 Å². The molecule has 1 amide bonds. The Morgan fingerprint density at radius 3 is 2.76 bits per heavy atom. The smallest absolute Gasteiger partial charge is 0.267 e. The first-order valence-corrected chi connectivity index (χ1v) is 10.1. The van der Waals surface area contributed by atoms with Crippen LogP contribution < -0.4 is 5.32 Å². The van der Waals surface area contributed by atoms with Gasteiger partial charge >= 0.3 is 0 Å². The van der Waals surface area contributed by atoms with Crippen molar-refractivity contribution >= 4 is 28.4 Å². The van der Waals surface area contributed by atoms with Crippen LogP contribution in [0.25, 0.3) is 10.9 Å². The molecule has 5 heteroatoms. The van der Waals surface area contributed by atoms with Gasteiger partial charge in [0, 0.05) is 41.5 Å². The van der Waals surface area contributed by atoms with E-state index in [-0.39, 0.29) is 17.5 Å². The minimum Gasteiger partial charge on any atom is -0.351 e. The molecule has 2 heterocycles. The number of Topliss-reactive ketones (excluding diaryl/α,β-unsaturated/α-hetero) is 2. The molecule has 0 saturated heterocycles. The molecule has 29 heavy (non-hydrogen) atoms. The molecule has 0 fully saturated rings. The first kappa shape index (κ1) is 19.1. The van der Waals surface area contributed by atoms with Crippen LogP contribution in [-0.2, 0) is 13.0 Å². The third-order valence-electron chi connectivity index (χ3n) is 5.51. The van der Waals surface area contributed by atoms with Crippen LogP contribution in [0.15, 0.2) is 48.5 Å². The molecule has 1 aromatic heterocycles. The molecule has 0 bridgehead atoms. The second-order valence-electron chi connectivity index (χ2n) is 7.60. The maximum atomic E-state index is 12.7. The molecular weight excluding hydrogens is 364 g/mol. The summed E-state index contributed by atoms with van der Waals surface area (Å²) in [5, 5.41) is 3.89. The molecule has 0 radical (unpaired) electrons. The third-order valence-corrected chi connectivity index (χ3v) is 5.51. The molecule has 0 spiro atoms. The average Bonchev–Trinajstić information content (AvgIpc) is 2.99. The van der Waals surface area contributed by atoms with E-state index in [1.165, 1.54) is 0 Å². The van der Waals surface area contributed by atoms with E-state index in [1.54, 1.807) is 6.92 Å². The first-order valence-electron chi connectivity index (χ1n) is 10.1. The normalized spacial score (nSPS) is 13.6. The lowest BCUT2D eigenvalue weighted by molar-refractivity contribution is 0.0949. The van der Waals surface area contributed by atoms with E-state index in [0.29, 0.717) is 29.8 Å². The predicted molar refractivity (Wildman–Crippen MR) is 113 cm³/mol. The van der Waals surface area contributed by atoms with Crippen molar-refractivity contribution in [3.63, 3.8) is 0 Å². The van der Waals surface area contributed by atoms with Crippen LogP contribution in [0, 0.1) is 0 Å². The summed E-state index contributed by atoms with van der Waals surface area (Å²) in [5.74, 6) is 0.0962. The molecule has 5 nitrogen and oxygen atoms in total. The van der Waals surface area contributed by atoms with Gasteiger partial charge < -0.3 is 9.88 Å². The summed E-state index contributed by atoms with van der Waals surface area (Å²) in [4.78, 5) is 36.5. The van der Waals surface area contributed by atoms with E-state index >= 15 is 0 Å². The summed E-state index contributed by atoms with van der Waals surface area (Å²) >= 11 is 0. The van der Waals surface area contributed by atoms with Crippen LogP contribution in [0.5, 0.6) is 0 Å². The van der Waals surface area contributed by atoms with Crippen LogP contribution in [0.4, 0.5) is 0 Å². The van der Waals surface area contributed by atoms with Crippen LogP contribution in [0.2, 0.25) is 0 Å². The van der Waals surface area contributed by atoms with Crippen molar-refractivity contribution < 1.29 is 14.4 Å². The number of hydrogen-bond acceptors (Lipinski definition) is 3. The van der Waals surface area contributed by atoms with Gasteiger partial charge in [-0.15, -0.1) is 0 Å². The van der Waals surface area contributed by atoms with Gasteiger partial charge in [-0.25, -0.2) is 0 Å². The van der Waals surface area contributed by atoms with E-state index in [4.69, 9.17) is 0 Å². The van der Waals surface area contributed by atoms with Gasteiger partial charge in [-0.2, -0.15) is 0 Å². The number of amides is 1. The number of aromatic nitrogens is 1. The minimum absolute atomic E-state index is 0.0521. The number of fused-ring (bicyclic) bond motifs is 3. The van der Waals surface area contributed by atoms with E-state index in [1.807, 2.05) is 53.1 Å². The fourth-order valence-electron chi connectivity index (χ4n) is 3.93. The maximum Gasteiger partial charge on any atom is 0.267 e. The standard InChI is InChI=1S/C24H24N2O3/c1-16(27)18-7-2-5-17(13-18)6-3-8-23(28)20-10-9-19-14-22-24(29)25-11-4-12-26(22)21(19)15-20/h2,5,7,9-10,13-15H,3-4,6,8,11-12H2,1H3,(H,25,29). The van der Waals surface area contributed by atoms with Crippen molar-refractivity contribution in [1.82, 2.24) is 9.88 Å². The molecule has 0 saturated carbocycles. The Bertz CT molecular complexity index is 1110. The van der Waals surface area contributed by atoms with Gasteiger partial charge in [-0.3, -0.25) is 14.4 Å². The molecular formula is C24H24N2O3. The zero-order valence-corrected chi connectivity index (χ0v) is 16.5. The van der Waals surface area contributed by atoms with Crippen LogP contribution in [0.1, 0.15) is 63.0 Å². The summed E-state index contributed by atoms with van der Waals surface area (Å²) in [6.07, 6.45) is 2.81. The van der Waals surface area contributed by atoms with Crippen LogP contribution >= 0.6 is 0 Å². The lowest BCUT2D eigenvalue weighted by Gasteiger charge is -2.07. The van der Waals surface area contributed by atoms with Gasteiger partial charge in [0.25, 0.3) is 5.91 Å². The van der Waals surface area contributed by atoms with E-state index in [2.05, 4.69) is 5.32 Å². The van der Waals surface area contributed by atoms with Crippen molar-refractivity contribution in [2.24, 2.45) is 0 Å². The number of nitrogens with one attached hydrogen (secondary N) is 1. The number of carbonyl (C=O) groups excluding carboxylic acids is 3. The summed E-state index contributed by atoms with van der Waals surface area (Å²) in [6, 6.07) is 15.2. The highest BCUT2D eigenvalue weighted by molar-refractivity contribution is 6.03. The van der Waals surface area contributed by atoms with Gasteiger partial charge in [0.15, 0.2) is 11.6 Å². The molecule has 1 aliphatic rings. The highest BCUT2D eigenvalue weighted by Crippen LogP contribution is 2.24. The topological polar surface area (TPSA) is 68.2 Å². The van der Waals surface area contributed by atoms with Gasteiger partial charge in [0.2, 0.25) is 0 Å². The largest absolute Gasteiger partial charge is 0.351 e. The number of rotatable bonds is 6. The lowest BCUT2D eigenvalue weighted by atomic mass is 10.00. The number of ketones is 2. The quantitative estimate of drug-likeness (QED) is 0.644. The summed E-state index contributed by atoms with van der Waals surface area (Å²) < 4.78 is 2.02. The highest BCUT2D eigenvalue weighted by Gasteiger charge is 2.19. The zero-order chi connectivity index (χ0) is 20.4. The Morgan fingerprint density at radius 2 is 1.93 bits per heavy atom. The van der Waals surface area contributed by atoms with Gasteiger partial charge in [-0.1, -0.05) is 30.3 Å². The van der Waals surface area contributed by atoms with Gasteiger partial charge in [0.1, 0.15) is 5.69 Å². The Balaban J connectivity index is 1.47. The average molecular weight is 388 g/mol. The van der Waals surface area contributed by atoms with E-state index < -0.39 is 0 Å².